The minimum absolute atomic E-state index is 0.0285. The molecule has 2 aromatic rings. The summed E-state index contributed by atoms with van der Waals surface area (Å²) < 4.78 is 26.4. The molecule has 0 bridgehead atoms. The first-order valence-electron chi connectivity index (χ1n) is 7.86. The highest BCUT2D eigenvalue weighted by Gasteiger charge is 2.43. The molecule has 1 unspecified atom stereocenters. The molecule has 0 fully saturated rings. The monoisotopic (exact) mass is 451 g/mol. The first-order valence-corrected chi connectivity index (χ1v) is 10.1. The lowest BCUT2D eigenvalue weighted by Crippen LogP contribution is -2.31. The summed E-state index contributed by atoms with van der Waals surface area (Å²) >= 11 is 12.0. The van der Waals surface area contributed by atoms with E-state index in [0.717, 1.165) is 0 Å². The molecule has 10 nitrogen and oxygen atoms in total. The normalized spacial score (nSPS) is 20.0. The number of rotatable bonds is 5. The van der Waals surface area contributed by atoms with Gasteiger partial charge in [-0.15, -0.1) is 5.11 Å². The Morgan fingerprint density at radius 3 is 2.52 bits per heavy atom. The Labute approximate surface area is 174 Å². The van der Waals surface area contributed by atoms with Crippen molar-refractivity contribution < 1.29 is 13.2 Å². The highest BCUT2D eigenvalue weighted by molar-refractivity contribution is 7.90. The van der Waals surface area contributed by atoms with Crippen LogP contribution in [-0.4, -0.2) is 20.0 Å². The Balaban J connectivity index is 1.97. The van der Waals surface area contributed by atoms with Gasteiger partial charge in [-0.25, -0.2) is 8.42 Å². The van der Waals surface area contributed by atoms with E-state index >= 15 is 0 Å². The minimum atomic E-state index is -4.13. The highest BCUT2D eigenvalue weighted by atomic mass is 35.5. The number of nitrogens with one attached hydrogen (secondary N) is 1. The minimum Gasteiger partial charge on any atom is -0.276 e. The third kappa shape index (κ3) is 4.08. The molecule has 148 valence electrons. The van der Waals surface area contributed by atoms with Gasteiger partial charge < -0.3 is 0 Å². The first-order chi connectivity index (χ1) is 13.7. The van der Waals surface area contributed by atoms with Gasteiger partial charge >= 0.3 is 5.91 Å². The Morgan fingerprint density at radius 1 is 1.17 bits per heavy atom. The van der Waals surface area contributed by atoms with Gasteiger partial charge in [0.05, 0.1) is 15.6 Å². The summed E-state index contributed by atoms with van der Waals surface area (Å²) in [5, 5.41) is 12.4. The van der Waals surface area contributed by atoms with Crippen molar-refractivity contribution in [3.8, 4) is 0 Å². The Kier molecular flexibility index (Phi) is 5.58. The van der Waals surface area contributed by atoms with E-state index in [2.05, 4.69) is 30.2 Å². The average Bonchev–Trinajstić information content (AvgIpc) is 2.98. The molecule has 0 saturated heterocycles. The molecule has 1 N–H and O–H groups in total. The van der Waals surface area contributed by atoms with Crippen molar-refractivity contribution in [1.29, 1.82) is 0 Å². The van der Waals surface area contributed by atoms with E-state index in [9.17, 15) is 13.2 Å². The van der Waals surface area contributed by atoms with Gasteiger partial charge in [-0.3, -0.25) is 10.2 Å². The van der Waals surface area contributed by atoms with Crippen LogP contribution < -0.4 is 5.43 Å². The van der Waals surface area contributed by atoms with Gasteiger partial charge in [0.25, 0.3) is 10.0 Å². The second-order valence-electron chi connectivity index (χ2n) is 5.94. The van der Waals surface area contributed by atoms with Crippen LogP contribution in [0.25, 0.3) is 10.4 Å². The molecule has 0 saturated carbocycles. The summed E-state index contributed by atoms with van der Waals surface area (Å²) in [5.41, 5.74) is 10.6. The maximum Gasteiger partial charge on any atom is 0.314 e. The predicted octanol–water partition coefficient (Wildman–Crippen LogP) is 4.67. The lowest BCUT2D eigenvalue weighted by molar-refractivity contribution is -0.111. The molecule has 1 amide bonds. The fourth-order valence-corrected chi connectivity index (χ4v) is 3.55. The zero-order chi connectivity index (χ0) is 21.2. The maximum absolute atomic E-state index is 12.2. The lowest BCUT2D eigenvalue weighted by Gasteiger charge is -2.20. The fourth-order valence-electron chi connectivity index (χ4n) is 2.55. The third-order valence-corrected chi connectivity index (χ3v) is 5.80. The molecule has 0 radical (unpaired) electrons. The molecular formula is C16H11Cl2N7O3S. The van der Waals surface area contributed by atoms with Crippen LogP contribution in [0.15, 0.2) is 67.2 Å². The summed E-state index contributed by atoms with van der Waals surface area (Å²) in [7, 11) is -4.13. The SMILES string of the molecule is CC1(c2ccc(S(=O)(=O)N=[N+]=[N-])cc2)N=NC(=O)/C1=N\Nc1cc(Cl)ccc1Cl. The summed E-state index contributed by atoms with van der Waals surface area (Å²) in [6, 6.07) is 10.0. The summed E-state index contributed by atoms with van der Waals surface area (Å²) in [6.07, 6.45) is 0. The van der Waals surface area contributed by atoms with Crippen molar-refractivity contribution in [2.24, 2.45) is 19.8 Å². The maximum atomic E-state index is 12.2. The number of carbonyl (C=O) groups excluding carboxylic acids is 1. The fraction of sp³-hybridized carbons (Fsp3) is 0.125. The zero-order valence-corrected chi connectivity index (χ0v) is 16.9. The highest BCUT2D eigenvalue weighted by Crippen LogP contribution is 2.34. The molecule has 0 spiro atoms. The molecular weight excluding hydrogens is 441 g/mol. The molecule has 1 aliphatic heterocycles. The standard InChI is InChI=1S/C16H11Cl2N7O3S/c1-16(9-2-5-11(6-3-9)29(27,28)25-24-19)14(15(26)22-23-16)21-20-13-8-10(17)4-7-12(13)18/h2-8,20H,1H3/b21-14+. The summed E-state index contributed by atoms with van der Waals surface area (Å²) in [5.74, 6) is -0.663. The Morgan fingerprint density at radius 2 is 1.86 bits per heavy atom. The smallest absolute Gasteiger partial charge is 0.276 e. The molecule has 1 heterocycles. The average molecular weight is 452 g/mol. The number of anilines is 1. The Hall–Kier alpha value is -2.98. The van der Waals surface area contributed by atoms with Crippen molar-refractivity contribution in [3.63, 3.8) is 0 Å². The number of hydrogen-bond donors (Lipinski definition) is 1. The van der Waals surface area contributed by atoms with Crippen LogP contribution in [0.3, 0.4) is 0 Å². The van der Waals surface area contributed by atoms with Gasteiger partial charge in [-0.2, -0.15) is 10.2 Å². The summed E-state index contributed by atoms with van der Waals surface area (Å²) in [4.78, 5) is 14.3. The van der Waals surface area contributed by atoms with Crippen molar-refractivity contribution in [3.05, 3.63) is 68.5 Å². The van der Waals surface area contributed by atoms with Crippen LogP contribution >= 0.6 is 23.2 Å². The molecule has 0 aromatic heterocycles. The third-order valence-electron chi connectivity index (χ3n) is 4.08. The molecule has 1 aliphatic rings. The van der Waals surface area contributed by atoms with E-state index in [1.807, 2.05) is 0 Å². The van der Waals surface area contributed by atoms with E-state index in [4.69, 9.17) is 28.7 Å². The van der Waals surface area contributed by atoms with Crippen molar-refractivity contribution >= 4 is 50.5 Å². The number of carbonyl (C=O) groups is 1. The van der Waals surface area contributed by atoms with Gasteiger partial charge in [0.15, 0.2) is 11.3 Å². The second kappa shape index (κ2) is 7.80. The van der Waals surface area contributed by atoms with Gasteiger partial charge in [-0.05, 0) is 48.4 Å². The lowest BCUT2D eigenvalue weighted by atomic mass is 9.88. The number of benzene rings is 2. The predicted molar refractivity (Wildman–Crippen MR) is 108 cm³/mol. The number of nitrogens with zero attached hydrogens (tertiary/aromatic N) is 6. The van der Waals surface area contributed by atoms with E-state index < -0.39 is 21.5 Å². The molecule has 2 aromatic carbocycles. The van der Waals surface area contributed by atoms with Crippen LogP contribution in [0.1, 0.15) is 12.5 Å². The second-order valence-corrected chi connectivity index (χ2v) is 8.37. The van der Waals surface area contributed by atoms with E-state index in [1.165, 1.54) is 30.3 Å². The van der Waals surface area contributed by atoms with Gasteiger partial charge in [-0.1, -0.05) is 35.3 Å². The molecule has 0 aliphatic carbocycles. The van der Waals surface area contributed by atoms with Crippen LogP contribution in [-0.2, 0) is 20.4 Å². The summed E-state index contributed by atoms with van der Waals surface area (Å²) in [6.45, 7) is 1.60. The quantitative estimate of drug-likeness (QED) is 0.304. The van der Waals surface area contributed by atoms with Crippen LogP contribution in [0.4, 0.5) is 5.69 Å². The van der Waals surface area contributed by atoms with Gasteiger partial charge in [0.2, 0.25) is 0 Å². The largest absolute Gasteiger partial charge is 0.314 e. The molecule has 1 atom stereocenters. The number of halogens is 2. The van der Waals surface area contributed by atoms with Crippen LogP contribution in [0.5, 0.6) is 0 Å². The molecule has 3 rings (SSSR count). The topological polar surface area (TPSA) is 149 Å². The molecule has 29 heavy (non-hydrogen) atoms. The molecule has 13 heteroatoms. The Bertz CT molecular complexity index is 1210. The number of hydrazone groups is 1. The van der Waals surface area contributed by atoms with Crippen LogP contribution in [0, 0.1) is 0 Å². The first kappa shape index (κ1) is 20.7. The number of amides is 1. The zero-order valence-electron chi connectivity index (χ0n) is 14.6. The number of sulfonamides is 1. The number of hydrogen-bond acceptors (Lipinski definition) is 6. The number of azide groups is 1. The van der Waals surface area contributed by atoms with Crippen molar-refractivity contribution in [1.82, 2.24) is 0 Å². The van der Waals surface area contributed by atoms with Crippen LogP contribution in [0.2, 0.25) is 10.0 Å². The number of azo groups is 1. The van der Waals surface area contributed by atoms with Gasteiger partial charge in [0, 0.05) is 14.5 Å². The van der Waals surface area contributed by atoms with Crippen molar-refractivity contribution in [2.45, 2.75) is 17.4 Å². The van der Waals surface area contributed by atoms with E-state index in [-0.39, 0.29) is 10.6 Å². The van der Waals surface area contributed by atoms with Gasteiger partial charge in [0.1, 0.15) is 0 Å². The van der Waals surface area contributed by atoms with E-state index in [0.29, 0.717) is 21.3 Å². The van der Waals surface area contributed by atoms with E-state index in [1.54, 1.807) is 19.1 Å². The van der Waals surface area contributed by atoms with Crippen molar-refractivity contribution in [2.75, 3.05) is 5.43 Å².